The molecule has 7 heteroatoms. The molecule has 1 saturated heterocycles. The molecule has 3 aliphatic rings. The predicted octanol–water partition coefficient (Wildman–Crippen LogP) is 1.24. The zero-order chi connectivity index (χ0) is 13.9. The lowest BCUT2D eigenvalue weighted by Crippen LogP contribution is -2.37. The number of carboxylic acids is 1. The van der Waals surface area contributed by atoms with Crippen LogP contribution in [0.15, 0.2) is 0 Å². The molecule has 0 aromatic carbocycles. The Bertz CT molecular complexity index is 437. The van der Waals surface area contributed by atoms with E-state index >= 15 is 0 Å². The molecule has 6 atom stereocenters. The fraction of sp³-hybridized carbons (Fsp3) is 0.750. The topological polar surface area (TPSA) is 74.7 Å². The molecule has 0 unspecified atom stereocenters. The van der Waals surface area contributed by atoms with Crippen molar-refractivity contribution in [3.8, 4) is 0 Å². The summed E-state index contributed by atoms with van der Waals surface area (Å²) in [6.07, 6.45) is 0.715. The molecule has 1 aliphatic heterocycles. The van der Waals surface area contributed by atoms with Crippen LogP contribution >= 0.6 is 31.9 Å². The van der Waals surface area contributed by atoms with Crippen LogP contribution in [0.5, 0.6) is 0 Å². The third-order valence-electron chi connectivity index (χ3n) is 4.63. The summed E-state index contributed by atoms with van der Waals surface area (Å²) in [6.45, 7) is -0.000650. The minimum absolute atomic E-state index is 0.000650. The second-order valence-electron chi connectivity index (χ2n) is 5.48. The summed E-state index contributed by atoms with van der Waals surface area (Å²) in [4.78, 5) is 36.8. The van der Waals surface area contributed by atoms with Crippen LogP contribution in [0.4, 0.5) is 0 Å². The molecule has 0 spiro atoms. The Balaban J connectivity index is 1.83. The number of alkyl halides is 2. The maximum atomic E-state index is 12.3. The van der Waals surface area contributed by atoms with Crippen LogP contribution in [0, 0.1) is 23.7 Å². The van der Waals surface area contributed by atoms with E-state index in [1.165, 1.54) is 0 Å². The highest BCUT2D eigenvalue weighted by atomic mass is 79.9. The minimum Gasteiger partial charge on any atom is -0.481 e. The number of hydrogen-bond donors (Lipinski definition) is 1. The van der Waals surface area contributed by atoms with Crippen LogP contribution in [-0.4, -0.2) is 44.0 Å². The third kappa shape index (κ3) is 1.81. The average molecular weight is 395 g/mol. The molecule has 0 aromatic rings. The van der Waals surface area contributed by atoms with E-state index in [2.05, 4.69) is 31.9 Å². The summed E-state index contributed by atoms with van der Waals surface area (Å²) >= 11 is 7.21. The Hall–Kier alpha value is -0.430. The van der Waals surface area contributed by atoms with Crippen LogP contribution in [0.25, 0.3) is 0 Å². The molecular formula is C12H13Br2NO4. The Labute approximate surface area is 127 Å². The van der Waals surface area contributed by atoms with Crippen molar-refractivity contribution in [3.63, 3.8) is 0 Å². The molecule has 3 fully saturated rings. The number of nitrogens with zero attached hydrogens (tertiary/aromatic N) is 1. The molecule has 0 radical (unpaired) electrons. The van der Waals surface area contributed by atoms with Gasteiger partial charge in [0.05, 0.1) is 18.3 Å². The molecule has 19 heavy (non-hydrogen) atoms. The molecule has 2 aliphatic carbocycles. The van der Waals surface area contributed by atoms with E-state index in [1.54, 1.807) is 0 Å². The highest BCUT2D eigenvalue weighted by molar-refractivity contribution is 9.12. The third-order valence-corrected chi connectivity index (χ3v) is 7.83. The van der Waals surface area contributed by atoms with Gasteiger partial charge < -0.3 is 5.11 Å². The molecule has 1 N–H and O–H groups in total. The van der Waals surface area contributed by atoms with Gasteiger partial charge >= 0.3 is 5.97 Å². The number of fused-ring (bicyclic) bond motifs is 5. The van der Waals surface area contributed by atoms with Gasteiger partial charge in [0, 0.05) is 16.2 Å². The Kier molecular flexibility index (Phi) is 3.24. The largest absolute Gasteiger partial charge is 0.481 e. The lowest BCUT2D eigenvalue weighted by molar-refractivity contribution is -0.142. The number of hydrogen-bond acceptors (Lipinski definition) is 3. The molecule has 3 rings (SSSR count). The molecular weight excluding hydrogens is 382 g/mol. The van der Waals surface area contributed by atoms with Gasteiger partial charge in [-0.1, -0.05) is 31.9 Å². The predicted molar refractivity (Wildman–Crippen MR) is 73.0 cm³/mol. The van der Waals surface area contributed by atoms with Crippen molar-refractivity contribution < 1.29 is 19.5 Å². The fourth-order valence-electron chi connectivity index (χ4n) is 3.84. The van der Waals surface area contributed by atoms with E-state index in [1.807, 2.05) is 0 Å². The first kappa shape index (κ1) is 13.5. The lowest BCUT2D eigenvalue weighted by atomic mass is 9.81. The lowest BCUT2D eigenvalue weighted by Gasteiger charge is -2.28. The van der Waals surface area contributed by atoms with E-state index in [4.69, 9.17) is 5.11 Å². The SMILES string of the molecule is O=C(O)CCN1C(=O)[C@@H]2[C@@H]3C[C@@H]([C@H](Br)[C@@H]3Br)[C@H]2C1=O. The van der Waals surface area contributed by atoms with Crippen LogP contribution < -0.4 is 0 Å². The minimum atomic E-state index is -0.989. The molecule has 0 aromatic heterocycles. The van der Waals surface area contributed by atoms with Gasteiger partial charge in [-0.3, -0.25) is 19.3 Å². The quantitative estimate of drug-likeness (QED) is 0.577. The van der Waals surface area contributed by atoms with Crippen LogP contribution in [0.3, 0.4) is 0 Å². The monoisotopic (exact) mass is 393 g/mol. The molecule has 2 bridgehead atoms. The zero-order valence-electron chi connectivity index (χ0n) is 9.96. The smallest absolute Gasteiger partial charge is 0.305 e. The molecule has 2 amide bonds. The van der Waals surface area contributed by atoms with E-state index in [0.717, 1.165) is 11.3 Å². The Morgan fingerprint density at radius 1 is 1.16 bits per heavy atom. The Morgan fingerprint density at radius 2 is 1.63 bits per heavy atom. The van der Waals surface area contributed by atoms with Gasteiger partial charge in [0.15, 0.2) is 0 Å². The highest BCUT2D eigenvalue weighted by Crippen LogP contribution is 2.60. The fourth-order valence-corrected chi connectivity index (χ4v) is 5.71. The highest BCUT2D eigenvalue weighted by Gasteiger charge is 2.66. The van der Waals surface area contributed by atoms with Crippen LogP contribution in [0.2, 0.25) is 0 Å². The number of rotatable bonds is 3. The maximum absolute atomic E-state index is 12.3. The number of carboxylic acid groups (broad SMARTS) is 1. The number of carbonyl (C=O) groups is 3. The van der Waals surface area contributed by atoms with Crippen molar-refractivity contribution in [1.29, 1.82) is 0 Å². The van der Waals surface area contributed by atoms with Gasteiger partial charge in [0.2, 0.25) is 11.8 Å². The zero-order valence-corrected chi connectivity index (χ0v) is 13.1. The van der Waals surface area contributed by atoms with Gasteiger partial charge in [-0.05, 0) is 18.3 Å². The first-order chi connectivity index (χ1) is 8.93. The van der Waals surface area contributed by atoms with Gasteiger partial charge in [0.25, 0.3) is 0 Å². The first-order valence-electron chi connectivity index (χ1n) is 6.28. The van der Waals surface area contributed by atoms with Gasteiger partial charge in [-0.15, -0.1) is 0 Å². The second-order valence-corrected chi connectivity index (χ2v) is 7.59. The maximum Gasteiger partial charge on any atom is 0.305 e. The van der Waals surface area contributed by atoms with Crippen molar-refractivity contribution in [2.24, 2.45) is 23.7 Å². The summed E-state index contributed by atoms with van der Waals surface area (Å²) in [7, 11) is 0. The molecule has 2 saturated carbocycles. The normalized spacial score (nSPS) is 44.0. The van der Waals surface area contributed by atoms with Crippen LogP contribution in [0.1, 0.15) is 12.8 Å². The number of aliphatic carboxylic acids is 1. The summed E-state index contributed by atoms with van der Waals surface area (Å²) in [5, 5.41) is 8.69. The van der Waals surface area contributed by atoms with Gasteiger partial charge in [-0.25, -0.2) is 0 Å². The second kappa shape index (κ2) is 4.55. The van der Waals surface area contributed by atoms with Crippen molar-refractivity contribution in [2.75, 3.05) is 6.54 Å². The number of imide groups is 1. The van der Waals surface area contributed by atoms with E-state index in [-0.39, 0.29) is 58.1 Å². The summed E-state index contributed by atoms with van der Waals surface area (Å²) < 4.78 is 0. The molecule has 104 valence electrons. The number of halogens is 2. The first-order valence-corrected chi connectivity index (χ1v) is 8.11. The van der Waals surface area contributed by atoms with Crippen LogP contribution in [-0.2, 0) is 14.4 Å². The van der Waals surface area contributed by atoms with E-state index in [0.29, 0.717) is 0 Å². The van der Waals surface area contributed by atoms with Crippen molar-refractivity contribution in [3.05, 3.63) is 0 Å². The number of likely N-dealkylation sites (tertiary alicyclic amines) is 1. The van der Waals surface area contributed by atoms with E-state index in [9.17, 15) is 14.4 Å². The number of carbonyl (C=O) groups excluding carboxylic acids is 2. The summed E-state index contributed by atoms with van der Waals surface area (Å²) in [5.41, 5.74) is 0. The molecule has 1 heterocycles. The van der Waals surface area contributed by atoms with Gasteiger partial charge in [-0.2, -0.15) is 0 Å². The van der Waals surface area contributed by atoms with Crippen molar-refractivity contribution in [1.82, 2.24) is 4.90 Å². The van der Waals surface area contributed by atoms with E-state index < -0.39 is 5.97 Å². The summed E-state index contributed by atoms with van der Waals surface area (Å²) in [6, 6.07) is 0. The summed E-state index contributed by atoms with van der Waals surface area (Å²) in [5.74, 6) is -1.46. The van der Waals surface area contributed by atoms with Crippen molar-refractivity contribution >= 4 is 49.6 Å². The van der Waals surface area contributed by atoms with Gasteiger partial charge in [0.1, 0.15) is 0 Å². The number of amides is 2. The Morgan fingerprint density at radius 3 is 2.05 bits per heavy atom. The average Bonchev–Trinajstić information content (AvgIpc) is 2.93. The van der Waals surface area contributed by atoms with Crippen molar-refractivity contribution in [2.45, 2.75) is 22.5 Å². The standard InChI is InChI=1S/C12H13Br2NO4/c13-9-4-3-5(10(9)14)8-7(4)11(18)15(12(8)19)2-1-6(16)17/h4-5,7-10H,1-3H2,(H,16,17)/t4-,5+,7-,8-,9+,10-/m1/s1. The molecule has 5 nitrogen and oxygen atoms in total.